The van der Waals surface area contributed by atoms with Crippen LogP contribution in [0.4, 0.5) is 4.79 Å². The Balaban J connectivity index is 1.67. The molecule has 2 heterocycles. The van der Waals surface area contributed by atoms with E-state index in [0.717, 1.165) is 29.3 Å². The smallest absolute Gasteiger partial charge is 0.409 e. The number of hydrogen-bond donors (Lipinski definition) is 2. The molecular weight excluding hydrogens is 268 g/mol. The fourth-order valence-electron chi connectivity index (χ4n) is 2.74. The number of ether oxygens (including phenoxy) is 1. The summed E-state index contributed by atoms with van der Waals surface area (Å²) in [6.07, 6.45) is 3.34. The second-order valence-electron chi connectivity index (χ2n) is 5.60. The molecule has 2 aromatic rings. The van der Waals surface area contributed by atoms with Crippen molar-refractivity contribution in [3.63, 3.8) is 0 Å². The number of rotatable bonds is 4. The van der Waals surface area contributed by atoms with Gasteiger partial charge in [-0.15, -0.1) is 0 Å². The molecule has 2 N–H and O–H groups in total. The molecule has 1 aliphatic rings. The fourth-order valence-corrected chi connectivity index (χ4v) is 2.74. The van der Waals surface area contributed by atoms with Gasteiger partial charge < -0.3 is 19.7 Å². The monoisotopic (exact) mass is 288 g/mol. The average Bonchev–Trinajstić information content (AvgIpc) is 2.88. The van der Waals surface area contributed by atoms with Crippen molar-refractivity contribution < 1.29 is 14.6 Å². The highest BCUT2D eigenvalue weighted by Gasteiger charge is 2.46. The van der Waals surface area contributed by atoms with Gasteiger partial charge in [-0.05, 0) is 12.5 Å². The largest absolute Gasteiger partial charge is 0.449 e. The second kappa shape index (κ2) is 5.41. The van der Waals surface area contributed by atoms with Gasteiger partial charge in [0.2, 0.25) is 0 Å². The lowest BCUT2D eigenvalue weighted by Crippen LogP contribution is -2.61. The van der Waals surface area contributed by atoms with E-state index in [1.807, 2.05) is 37.4 Å². The Hall–Kier alpha value is -2.01. The maximum Gasteiger partial charge on any atom is 0.409 e. The van der Waals surface area contributed by atoms with Crippen LogP contribution in [-0.4, -0.2) is 40.8 Å². The number of carbonyl (C=O) groups excluding carboxylic acids is 1. The van der Waals surface area contributed by atoms with Gasteiger partial charge in [-0.2, -0.15) is 0 Å². The molecule has 0 unspecified atom stereocenters. The van der Waals surface area contributed by atoms with Crippen LogP contribution in [0, 0.1) is 0 Å². The van der Waals surface area contributed by atoms with Crippen molar-refractivity contribution in [2.45, 2.75) is 25.4 Å². The number of benzene rings is 1. The van der Waals surface area contributed by atoms with Crippen molar-refractivity contribution >= 4 is 17.0 Å². The number of hydrogen-bond acceptors (Lipinski definition) is 3. The predicted octanol–water partition coefficient (Wildman–Crippen LogP) is 2.61. The number of aliphatic hydroxyl groups is 1. The molecule has 21 heavy (non-hydrogen) atoms. The summed E-state index contributed by atoms with van der Waals surface area (Å²) in [7, 11) is 0. The van der Waals surface area contributed by atoms with Crippen LogP contribution in [0.15, 0.2) is 30.5 Å². The molecule has 3 rings (SSSR count). The zero-order chi connectivity index (χ0) is 14.9. The van der Waals surface area contributed by atoms with E-state index in [-0.39, 0.29) is 19.2 Å². The molecule has 0 atom stereocenters. The van der Waals surface area contributed by atoms with E-state index in [0.29, 0.717) is 6.61 Å². The predicted molar refractivity (Wildman–Crippen MR) is 80.0 cm³/mol. The third-order valence-electron chi connectivity index (χ3n) is 3.98. The van der Waals surface area contributed by atoms with Crippen molar-refractivity contribution in [1.82, 2.24) is 9.88 Å². The Bertz CT molecular complexity index is 644. The van der Waals surface area contributed by atoms with Crippen molar-refractivity contribution in [3.05, 3.63) is 36.0 Å². The number of nitrogens with zero attached hydrogens (tertiary/aromatic N) is 1. The Morgan fingerprint density at radius 1 is 1.43 bits per heavy atom. The van der Waals surface area contributed by atoms with Crippen LogP contribution in [0.5, 0.6) is 0 Å². The van der Waals surface area contributed by atoms with E-state index in [9.17, 15) is 9.90 Å². The molecule has 1 aromatic heterocycles. The number of β-amino-alcohol motifs (C(OH)–C–C–N with tert-alkyl or cyclic N) is 1. The van der Waals surface area contributed by atoms with E-state index in [1.165, 1.54) is 4.90 Å². The summed E-state index contributed by atoms with van der Waals surface area (Å²) in [5, 5.41) is 11.7. The van der Waals surface area contributed by atoms with Gasteiger partial charge in [0.1, 0.15) is 5.60 Å². The third kappa shape index (κ3) is 2.49. The van der Waals surface area contributed by atoms with E-state index in [2.05, 4.69) is 4.98 Å². The van der Waals surface area contributed by atoms with Crippen molar-refractivity contribution in [1.29, 1.82) is 0 Å². The maximum absolute atomic E-state index is 11.8. The molecular formula is C16H20N2O3. The summed E-state index contributed by atoms with van der Waals surface area (Å²) in [5.41, 5.74) is 0.851. The highest BCUT2D eigenvalue weighted by atomic mass is 16.6. The van der Waals surface area contributed by atoms with Crippen molar-refractivity contribution in [2.24, 2.45) is 0 Å². The number of carbonyl (C=O) groups is 1. The summed E-state index contributed by atoms with van der Waals surface area (Å²) < 4.78 is 5.15. The van der Waals surface area contributed by atoms with Gasteiger partial charge in [-0.3, -0.25) is 0 Å². The van der Waals surface area contributed by atoms with Crippen molar-refractivity contribution in [2.75, 3.05) is 19.7 Å². The van der Waals surface area contributed by atoms with E-state index in [1.54, 1.807) is 0 Å². The first kappa shape index (κ1) is 13.9. The number of fused-ring (bicyclic) bond motifs is 1. The summed E-state index contributed by atoms with van der Waals surface area (Å²) in [5.74, 6) is 0. The summed E-state index contributed by atoms with van der Waals surface area (Å²) in [6, 6.07) is 7.84. The molecule has 0 saturated carbocycles. The number of nitrogens with one attached hydrogen (secondary N) is 1. The van der Waals surface area contributed by atoms with Gasteiger partial charge in [0.05, 0.1) is 19.7 Å². The molecule has 1 aromatic carbocycles. The minimum atomic E-state index is -0.983. The van der Waals surface area contributed by atoms with Crippen LogP contribution in [0.3, 0.4) is 0 Å². The minimum absolute atomic E-state index is 0.278. The standard InChI is InChI=1S/C16H20N2O3/c1-2-3-8-21-15(19)18-10-16(20,11-18)13-9-17-14-7-5-4-6-12(13)14/h4-7,9,17,20H,2-3,8,10-11H2,1H3. The number of aromatic amines is 1. The molecule has 0 aliphatic carbocycles. The summed E-state index contributed by atoms with van der Waals surface area (Å²) in [6.45, 7) is 3.05. The fraction of sp³-hybridized carbons (Fsp3) is 0.438. The van der Waals surface area contributed by atoms with E-state index < -0.39 is 5.60 Å². The summed E-state index contributed by atoms with van der Waals surface area (Å²) in [4.78, 5) is 16.5. The van der Waals surface area contributed by atoms with Crippen LogP contribution >= 0.6 is 0 Å². The maximum atomic E-state index is 11.8. The second-order valence-corrected chi connectivity index (χ2v) is 5.60. The zero-order valence-electron chi connectivity index (χ0n) is 12.1. The van der Waals surface area contributed by atoms with Gasteiger partial charge in [0.25, 0.3) is 0 Å². The van der Waals surface area contributed by atoms with Crippen LogP contribution in [0.1, 0.15) is 25.3 Å². The lowest BCUT2D eigenvalue weighted by Gasteiger charge is -2.45. The first-order valence-corrected chi connectivity index (χ1v) is 7.35. The quantitative estimate of drug-likeness (QED) is 0.850. The van der Waals surface area contributed by atoms with Crippen molar-refractivity contribution in [3.8, 4) is 0 Å². The first-order valence-electron chi connectivity index (χ1n) is 7.35. The molecule has 0 radical (unpaired) electrons. The molecule has 0 spiro atoms. The number of likely N-dealkylation sites (tertiary alicyclic amines) is 1. The van der Waals surface area contributed by atoms with E-state index in [4.69, 9.17) is 4.74 Å². The summed E-state index contributed by atoms with van der Waals surface area (Å²) >= 11 is 0. The van der Waals surface area contributed by atoms with E-state index >= 15 is 0 Å². The number of unbranched alkanes of at least 4 members (excludes halogenated alkanes) is 1. The van der Waals surface area contributed by atoms with Crippen LogP contribution < -0.4 is 0 Å². The Morgan fingerprint density at radius 3 is 2.95 bits per heavy atom. The highest BCUT2D eigenvalue weighted by molar-refractivity contribution is 5.84. The van der Waals surface area contributed by atoms with Crippen LogP contribution in [-0.2, 0) is 10.3 Å². The highest BCUT2D eigenvalue weighted by Crippen LogP contribution is 2.36. The van der Waals surface area contributed by atoms with Gasteiger partial charge in [-0.1, -0.05) is 31.5 Å². The average molecular weight is 288 g/mol. The molecule has 1 aliphatic heterocycles. The molecule has 0 bridgehead atoms. The van der Waals surface area contributed by atoms with Crippen LogP contribution in [0.2, 0.25) is 0 Å². The number of amides is 1. The molecule has 1 fully saturated rings. The lowest BCUT2D eigenvalue weighted by molar-refractivity contribution is -0.0931. The number of para-hydroxylation sites is 1. The Labute approximate surface area is 123 Å². The first-order chi connectivity index (χ1) is 10.1. The lowest BCUT2D eigenvalue weighted by atomic mass is 9.86. The molecule has 5 nitrogen and oxygen atoms in total. The molecule has 5 heteroatoms. The third-order valence-corrected chi connectivity index (χ3v) is 3.98. The topological polar surface area (TPSA) is 65.6 Å². The Morgan fingerprint density at radius 2 is 2.19 bits per heavy atom. The van der Waals surface area contributed by atoms with Gasteiger partial charge in [-0.25, -0.2) is 4.79 Å². The SMILES string of the molecule is CCCCOC(=O)N1CC(O)(c2c[nH]c3ccccc23)C1. The minimum Gasteiger partial charge on any atom is -0.449 e. The van der Waals surface area contributed by atoms with Crippen LogP contribution in [0.25, 0.3) is 10.9 Å². The number of H-pyrrole nitrogens is 1. The van der Waals surface area contributed by atoms with Gasteiger partial charge in [0, 0.05) is 22.7 Å². The molecule has 1 saturated heterocycles. The number of aromatic nitrogens is 1. The molecule has 1 amide bonds. The van der Waals surface area contributed by atoms with Gasteiger partial charge >= 0.3 is 6.09 Å². The zero-order valence-corrected chi connectivity index (χ0v) is 12.1. The normalized spacial score (nSPS) is 16.8. The van der Waals surface area contributed by atoms with Gasteiger partial charge in [0.15, 0.2) is 0 Å². The molecule has 112 valence electrons. The Kier molecular flexibility index (Phi) is 3.59.